The number of aromatic nitrogens is 5. The van der Waals surface area contributed by atoms with Gasteiger partial charge in [0.2, 0.25) is 15.9 Å². The van der Waals surface area contributed by atoms with Gasteiger partial charge in [0.25, 0.3) is 5.92 Å². The van der Waals surface area contributed by atoms with E-state index in [2.05, 4.69) is 32.1 Å². The lowest BCUT2D eigenvalue weighted by Gasteiger charge is -2.34. The summed E-state index contributed by atoms with van der Waals surface area (Å²) in [5.74, 6) is -3.83. The highest BCUT2D eigenvalue weighted by Crippen LogP contribution is 2.64. The molecular weight excluding hydrogens is 927 g/mol. The summed E-state index contributed by atoms with van der Waals surface area (Å²) in [5.41, 5.74) is -2.58. The monoisotopic (exact) mass is 965 g/mol. The lowest BCUT2D eigenvalue weighted by molar-refractivity contribution is -0.144. The highest BCUT2D eigenvalue weighted by atomic mass is 35.5. The predicted molar refractivity (Wildman–Crippen MR) is 225 cm³/mol. The summed E-state index contributed by atoms with van der Waals surface area (Å²) in [6.07, 6.45) is -3.64. The first-order valence-electron chi connectivity index (χ1n) is 20.6. The minimum atomic E-state index is -5.11. The number of aryl methyl sites for hydroxylation is 1. The summed E-state index contributed by atoms with van der Waals surface area (Å²) < 4.78 is 159. The van der Waals surface area contributed by atoms with Crippen molar-refractivity contribution < 1.29 is 52.4 Å². The van der Waals surface area contributed by atoms with E-state index in [1.807, 2.05) is 0 Å². The maximum Gasteiger partial charge on any atom is 0.435 e. The van der Waals surface area contributed by atoms with Gasteiger partial charge in [-0.1, -0.05) is 23.6 Å². The second kappa shape index (κ2) is 15.4. The molecule has 1 amide bonds. The standard InChI is InChI=1S/C43H39ClF7N7O5S2/c1-41(2,64(60,61)25-5-6-25)15-14-24-4-9-27(28-11-13-31(44)35-37(28)57(3)55-40(35)56-65(62,63)26-7-8-26)36(52-24)32(18-21-16-22(45)19-23(46)17-21)53-33(59)20-58-39-34(38(54-58)43(49,50)51)29-10-12-30(29)42(39,47)48/h4,9,11,13,16-17,19,25-26,29-30,32H,5-8,10,12,18,20H2,1-3H3,(H,53,59)(H,55,56)/t29-,30+,32-/m0/s1. The first-order chi connectivity index (χ1) is 30.4. The number of nitrogens with one attached hydrogen (secondary N) is 2. The van der Waals surface area contributed by atoms with Crippen LogP contribution in [0.1, 0.15) is 98.2 Å². The number of hydrogen-bond acceptors (Lipinski definition) is 8. The number of anilines is 1. The fraction of sp³-hybridized carbons (Fsp3) is 0.442. The molecule has 5 aromatic rings. The summed E-state index contributed by atoms with van der Waals surface area (Å²) >= 11 is 6.70. The summed E-state index contributed by atoms with van der Waals surface area (Å²) in [6.45, 7) is 1.76. The molecule has 3 aromatic heterocycles. The third-order valence-corrected chi connectivity index (χ3v) is 17.5. The normalized spacial score (nSPS) is 19.8. The first-order valence-corrected chi connectivity index (χ1v) is 24.1. The molecule has 344 valence electrons. The number of benzene rings is 2. The summed E-state index contributed by atoms with van der Waals surface area (Å²) in [4.78, 5) is 18.9. The van der Waals surface area contributed by atoms with Gasteiger partial charge in [0, 0.05) is 35.7 Å². The zero-order chi connectivity index (χ0) is 46.8. The molecule has 3 fully saturated rings. The minimum absolute atomic E-state index is 0.0258. The lowest BCUT2D eigenvalue weighted by Crippen LogP contribution is -2.36. The van der Waals surface area contributed by atoms with E-state index in [1.54, 1.807) is 6.07 Å². The Kier molecular flexibility index (Phi) is 10.7. The molecule has 12 nitrogen and oxygen atoms in total. The zero-order valence-corrected chi connectivity index (χ0v) is 37.1. The van der Waals surface area contributed by atoms with Gasteiger partial charge in [0.15, 0.2) is 21.3 Å². The molecule has 22 heteroatoms. The molecule has 3 heterocycles. The zero-order valence-electron chi connectivity index (χ0n) is 34.7. The molecule has 3 atom stereocenters. The molecular formula is C43H39ClF7N7O5S2. The van der Waals surface area contributed by atoms with Crippen LogP contribution in [0.25, 0.3) is 22.0 Å². The molecule has 0 unspecified atom stereocenters. The fourth-order valence-electron chi connectivity index (χ4n) is 8.90. The third-order valence-electron chi connectivity index (χ3n) is 12.5. The molecule has 0 saturated heterocycles. The average molecular weight is 966 g/mol. The fourth-order valence-corrected chi connectivity index (χ4v) is 12.3. The summed E-state index contributed by atoms with van der Waals surface area (Å²) in [5, 5.41) is 9.64. The van der Waals surface area contributed by atoms with Crippen LogP contribution in [0, 0.1) is 29.4 Å². The van der Waals surface area contributed by atoms with Crippen LogP contribution >= 0.6 is 11.6 Å². The topological polar surface area (TPSA) is 158 Å². The van der Waals surface area contributed by atoms with Crippen molar-refractivity contribution in [3.05, 3.63) is 93.0 Å². The average Bonchev–Trinajstić information content (AvgIpc) is 4.11. The summed E-state index contributed by atoms with van der Waals surface area (Å²) in [7, 11) is -6.05. The van der Waals surface area contributed by atoms with E-state index in [4.69, 9.17) is 16.6 Å². The van der Waals surface area contributed by atoms with Gasteiger partial charge in [-0.15, -0.1) is 0 Å². The number of carbonyl (C=O) groups is 1. The maximum absolute atomic E-state index is 15.8. The van der Waals surface area contributed by atoms with Gasteiger partial charge in [0.1, 0.15) is 34.3 Å². The van der Waals surface area contributed by atoms with Gasteiger partial charge >= 0.3 is 6.18 Å². The number of halogens is 8. The SMILES string of the molecule is Cn1nc(NS(=O)(=O)C2CC2)c2c(Cl)ccc(-c3ccc(C#CC(C)(C)S(=O)(=O)C4CC4)nc3[C@H](Cc3cc(F)cc(F)c3)NC(=O)Cn3nc(C(F)(F)F)c4c3C(F)(F)[C@@H]3CC[C@H]43)c21. The number of nitrogens with zero attached hydrogens (tertiary/aromatic N) is 5. The van der Waals surface area contributed by atoms with E-state index in [9.17, 15) is 43.6 Å². The van der Waals surface area contributed by atoms with Gasteiger partial charge in [-0.25, -0.2) is 30.6 Å². The number of rotatable bonds is 12. The number of amides is 1. The Morgan fingerprint density at radius 2 is 1.60 bits per heavy atom. The van der Waals surface area contributed by atoms with Crippen LogP contribution in [-0.4, -0.2) is 62.5 Å². The van der Waals surface area contributed by atoms with Crippen LogP contribution in [-0.2, 0) is 56.8 Å². The van der Waals surface area contributed by atoms with Crippen molar-refractivity contribution in [1.82, 2.24) is 29.9 Å². The van der Waals surface area contributed by atoms with Gasteiger partial charge < -0.3 is 5.32 Å². The molecule has 65 heavy (non-hydrogen) atoms. The molecule has 0 radical (unpaired) electrons. The van der Waals surface area contributed by atoms with Crippen molar-refractivity contribution in [2.45, 2.75) is 105 Å². The number of sulfonamides is 1. The maximum atomic E-state index is 15.8. The minimum Gasteiger partial charge on any atom is -0.346 e. The molecule has 9 rings (SSSR count). The molecule has 0 bridgehead atoms. The van der Waals surface area contributed by atoms with Crippen molar-refractivity contribution >= 4 is 54.1 Å². The van der Waals surface area contributed by atoms with Crippen LogP contribution in [0.5, 0.6) is 0 Å². The Balaban J connectivity index is 1.19. The largest absolute Gasteiger partial charge is 0.435 e. The molecule has 4 aliphatic rings. The van der Waals surface area contributed by atoms with Crippen LogP contribution in [0.4, 0.5) is 36.6 Å². The molecule has 4 aliphatic carbocycles. The Morgan fingerprint density at radius 3 is 2.22 bits per heavy atom. The van der Waals surface area contributed by atoms with Crippen LogP contribution < -0.4 is 10.0 Å². The van der Waals surface area contributed by atoms with Crippen molar-refractivity contribution in [2.75, 3.05) is 4.72 Å². The van der Waals surface area contributed by atoms with Crippen molar-refractivity contribution in [2.24, 2.45) is 13.0 Å². The van der Waals surface area contributed by atoms with E-state index in [1.165, 1.54) is 43.8 Å². The van der Waals surface area contributed by atoms with E-state index in [0.717, 1.165) is 12.1 Å². The second-order valence-corrected chi connectivity index (χ2v) is 22.7. The Hall–Kier alpha value is -5.20. The van der Waals surface area contributed by atoms with E-state index in [0.29, 0.717) is 36.4 Å². The van der Waals surface area contributed by atoms with E-state index >= 15 is 8.78 Å². The number of sulfone groups is 1. The predicted octanol–water partition coefficient (Wildman–Crippen LogP) is 8.09. The highest BCUT2D eigenvalue weighted by Gasteiger charge is 2.63. The molecule has 0 aliphatic heterocycles. The number of fused-ring (bicyclic) bond motifs is 4. The van der Waals surface area contributed by atoms with Crippen molar-refractivity contribution in [3.63, 3.8) is 0 Å². The van der Waals surface area contributed by atoms with E-state index in [-0.39, 0.29) is 62.7 Å². The van der Waals surface area contributed by atoms with Crippen LogP contribution in [0.15, 0.2) is 42.5 Å². The van der Waals surface area contributed by atoms with Crippen LogP contribution in [0.2, 0.25) is 5.02 Å². The number of hydrogen-bond donors (Lipinski definition) is 2. The lowest BCUT2D eigenvalue weighted by atomic mass is 9.73. The number of carbonyl (C=O) groups excluding carboxylic acids is 1. The van der Waals surface area contributed by atoms with E-state index < -0.39 is 113 Å². The summed E-state index contributed by atoms with van der Waals surface area (Å²) in [6, 6.07) is 7.06. The van der Waals surface area contributed by atoms with Gasteiger partial charge in [-0.2, -0.15) is 32.1 Å². The van der Waals surface area contributed by atoms with Crippen LogP contribution in [0.3, 0.4) is 0 Å². The van der Waals surface area contributed by atoms with Gasteiger partial charge in [-0.05, 0) is 107 Å². The van der Waals surface area contributed by atoms with Crippen molar-refractivity contribution in [1.29, 1.82) is 0 Å². The quantitative estimate of drug-likeness (QED) is 0.0939. The number of alkyl halides is 5. The van der Waals surface area contributed by atoms with Gasteiger partial charge in [-0.3, -0.25) is 18.9 Å². The molecule has 2 N–H and O–H groups in total. The van der Waals surface area contributed by atoms with Crippen molar-refractivity contribution in [3.8, 4) is 23.0 Å². The smallest absolute Gasteiger partial charge is 0.346 e. The Morgan fingerprint density at radius 1 is 0.938 bits per heavy atom. The molecule has 0 spiro atoms. The number of pyridine rings is 1. The van der Waals surface area contributed by atoms with Gasteiger partial charge in [0.05, 0.1) is 38.2 Å². The Bertz CT molecular complexity index is 3100. The first kappa shape index (κ1) is 45.0. The molecule has 3 saturated carbocycles. The Labute approximate surface area is 373 Å². The highest BCUT2D eigenvalue weighted by molar-refractivity contribution is 7.94. The third kappa shape index (κ3) is 8.02. The molecule has 2 aromatic carbocycles. The second-order valence-electron chi connectivity index (χ2n) is 17.6.